The van der Waals surface area contributed by atoms with Crippen molar-refractivity contribution in [2.75, 3.05) is 0 Å². The maximum absolute atomic E-state index is 11.5. The summed E-state index contributed by atoms with van der Waals surface area (Å²) in [7, 11) is 0. The lowest BCUT2D eigenvalue weighted by atomic mass is 9.95. The van der Waals surface area contributed by atoms with Crippen LogP contribution in [-0.2, 0) is 0 Å². The van der Waals surface area contributed by atoms with Crippen LogP contribution in [0.3, 0.4) is 0 Å². The van der Waals surface area contributed by atoms with Gasteiger partial charge >= 0.3 is 0 Å². The van der Waals surface area contributed by atoms with Gasteiger partial charge in [0.05, 0.1) is 15.6 Å². The number of hydrogen-bond acceptors (Lipinski definition) is 2. The molecule has 0 amide bonds. The molecule has 1 aromatic carbocycles. The molecule has 2 rings (SSSR count). The van der Waals surface area contributed by atoms with Crippen molar-refractivity contribution in [1.29, 1.82) is 0 Å². The first kappa shape index (κ1) is 9.44. The average Bonchev–Trinajstić information content (AvgIpc) is 2.14. The van der Waals surface area contributed by atoms with Crippen LogP contribution in [0, 0.1) is 0 Å². The molecular weight excluding hydrogens is 223 g/mol. The van der Waals surface area contributed by atoms with Crippen molar-refractivity contribution < 1.29 is 9.59 Å². The van der Waals surface area contributed by atoms with Gasteiger partial charge in [0.15, 0.2) is 5.78 Å². The second-order valence-electron chi connectivity index (χ2n) is 2.85. The van der Waals surface area contributed by atoms with Crippen LogP contribution in [0.5, 0.6) is 0 Å². The van der Waals surface area contributed by atoms with Crippen molar-refractivity contribution in [2.24, 2.45) is 0 Å². The summed E-state index contributed by atoms with van der Waals surface area (Å²) in [5.41, 5.74) is 0.513. The molecule has 1 aliphatic rings. The topological polar surface area (TPSA) is 34.1 Å². The molecule has 0 bridgehead atoms. The fourth-order valence-corrected chi connectivity index (χ4v) is 1.81. The highest BCUT2D eigenvalue weighted by Crippen LogP contribution is 2.28. The van der Waals surface area contributed by atoms with E-state index in [-0.39, 0.29) is 32.7 Å². The summed E-state index contributed by atoms with van der Waals surface area (Å²) in [6.07, 6.45) is 1.10. The highest BCUT2D eigenvalue weighted by atomic mass is 35.5. The molecule has 14 heavy (non-hydrogen) atoms. The third-order valence-corrected chi connectivity index (χ3v) is 2.58. The predicted octanol–water partition coefficient (Wildman–Crippen LogP) is 2.84. The van der Waals surface area contributed by atoms with Crippen molar-refractivity contribution in [3.8, 4) is 0 Å². The van der Waals surface area contributed by atoms with Gasteiger partial charge in [0, 0.05) is 11.6 Å². The smallest absolute Gasteiger partial charge is 0.205 e. The van der Waals surface area contributed by atoms with Gasteiger partial charge in [-0.1, -0.05) is 35.3 Å². The van der Waals surface area contributed by atoms with E-state index in [1.807, 2.05) is 0 Å². The van der Waals surface area contributed by atoms with Crippen LogP contribution in [0.1, 0.15) is 20.7 Å². The zero-order chi connectivity index (χ0) is 10.3. The van der Waals surface area contributed by atoms with E-state index in [2.05, 4.69) is 0 Å². The summed E-state index contributed by atoms with van der Waals surface area (Å²) in [4.78, 5) is 23.0. The lowest BCUT2D eigenvalue weighted by molar-refractivity contribution is 0.0990. The minimum atomic E-state index is -0.358. The molecule has 0 spiro atoms. The largest absolute Gasteiger partial charge is 0.289 e. The van der Waals surface area contributed by atoms with Crippen molar-refractivity contribution in [1.82, 2.24) is 0 Å². The highest BCUT2D eigenvalue weighted by Gasteiger charge is 2.25. The van der Waals surface area contributed by atoms with E-state index in [4.69, 9.17) is 23.2 Å². The number of rotatable bonds is 0. The molecule has 0 atom stereocenters. The van der Waals surface area contributed by atoms with Gasteiger partial charge in [0.2, 0.25) is 5.78 Å². The van der Waals surface area contributed by atoms with Crippen LogP contribution < -0.4 is 0 Å². The normalized spacial score (nSPS) is 15.1. The Labute approximate surface area is 90.1 Å². The van der Waals surface area contributed by atoms with Crippen LogP contribution in [0.2, 0.25) is 5.02 Å². The maximum Gasteiger partial charge on any atom is 0.205 e. The molecule has 0 aliphatic heterocycles. The van der Waals surface area contributed by atoms with Gasteiger partial charge in [0.1, 0.15) is 0 Å². The van der Waals surface area contributed by atoms with Gasteiger partial charge in [-0.15, -0.1) is 0 Å². The first-order valence-corrected chi connectivity index (χ1v) is 4.61. The molecule has 1 aromatic rings. The van der Waals surface area contributed by atoms with Crippen LogP contribution in [0.4, 0.5) is 0 Å². The molecule has 0 heterocycles. The van der Waals surface area contributed by atoms with E-state index in [0.717, 1.165) is 6.08 Å². The van der Waals surface area contributed by atoms with Crippen molar-refractivity contribution in [3.05, 3.63) is 45.5 Å². The quantitative estimate of drug-likeness (QED) is 0.682. The Balaban J connectivity index is 2.75. The van der Waals surface area contributed by atoms with Gasteiger partial charge in [-0.05, 0) is 6.07 Å². The molecule has 0 unspecified atom stereocenters. The predicted molar refractivity (Wildman–Crippen MR) is 54.0 cm³/mol. The standard InChI is InChI=1S/C10H4Cl2O2/c11-6-3-1-2-5-9(6)8(13)4-7(12)10(5)14/h1-4H. The Kier molecular flexibility index (Phi) is 2.17. The Hall–Kier alpha value is -1.12. The van der Waals surface area contributed by atoms with Gasteiger partial charge < -0.3 is 0 Å². The Morgan fingerprint density at radius 2 is 1.79 bits per heavy atom. The number of benzene rings is 1. The van der Waals surface area contributed by atoms with E-state index in [1.54, 1.807) is 12.1 Å². The fraction of sp³-hybridized carbons (Fsp3) is 0. The number of ketones is 2. The highest BCUT2D eigenvalue weighted by molar-refractivity contribution is 6.50. The Bertz CT molecular complexity index is 475. The maximum atomic E-state index is 11.5. The molecule has 0 saturated carbocycles. The first-order valence-electron chi connectivity index (χ1n) is 3.86. The lowest BCUT2D eigenvalue weighted by Crippen LogP contribution is -2.14. The van der Waals surface area contributed by atoms with Crippen LogP contribution >= 0.6 is 23.2 Å². The van der Waals surface area contributed by atoms with E-state index in [9.17, 15) is 9.59 Å². The molecule has 0 saturated heterocycles. The summed E-state index contributed by atoms with van der Waals surface area (Å²) in [6.45, 7) is 0. The van der Waals surface area contributed by atoms with E-state index < -0.39 is 0 Å². The molecule has 0 fully saturated rings. The van der Waals surface area contributed by atoms with Crippen molar-refractivity contribution in [2.45, 2.75) is 0 Å². The second-order valence-corrected chi connectivity index (χ2v) is 3.66. The van der Waals surface area contributed by atoms with E-state index >= 15 is 0 Å². The third kappa shape index (κ3) is 1.27. The molecule has 4 heteroatoms. The summed E-state index contributed by atoms with van der Waals surface area (Å²) >= 11 is 11.4. The van der Waals surface area contributed by atoms with Gasteiger partial charge in [0.25, 0.3) is 0 Å². The van der Waals surface area contributed by atoms with Crippen LogP contribution in [-0.4, -0.2) is 11.6 Å². The molecule has 2 nitrogen and oxygen atoms in total. The lowest BCUT2D eigenvalue weighted by Gasteiger charge is -2.11. The zero-order valence-electron chi connectivity index (χ0n) is 6.88. The fourth-order valence-electron chi connectivity index (χ4n) is 1.35. The summed E-state index contributed by atoms with van der Waals surface area (Å²) < 4.78 is 0. The molecule has 70 valence electrons. The number of fused-ring (bicyclic) bond motifs is 1. The van der Waals surface area contributed by atoms with E-state index in [1.165, 1.54) is 6.07 Å². The molecule has 1 aliphatic carbocycles. The first-order chi connectivity index (χ1) is 6.61. The minimum absolute atomic E-state index is 0.0650. The van der Waals surface area contributed by atoms with Crippen LogP contribution in [0.25, 0.3) is 0 Å². The van der Waals surface area contributed by atoms with Gasteiger partial charge in [-0.2, -0.15) is 0 Å². The Morgan fingerprint density at radius 3 is 2.50 bits per heavy atom. The summed E-state index contributed by atoms with van der Waals surface area (Å²) in [5, 5.41) is 0.214. The number of allylic oxidation sites excluding steroid dienone is 2. The third-order valence-electron chi connectivity index (χ3n) is 1.98. The minimum Gasteiger partial charge on any atom is -0.289 e. The number of Topliss-reactive ketones (excluding diaryl/α,β-unsaturated/α-hetero) is 1. The summed E-state index contributed by atoms with van der Waals surface area (Å²) in [6, 6.07) is 4.72. The number of carbonyl (C=O) groups is 2. The molecular formula is C10H4Cl2O2. The average molecular weight is 227 g/mol. The van der Waals surface area contributed by atoms with Crippen LogP contribution in [0.15, 0.2) is 29.3 Å². The molecule has 0 aromatic heterocycles. The molecule has 0 radical (unpaired) electrons. The Morgan fingerprint density at radius 1 is 1.07 bits per heavy atom. The van der Waals surface area contributed by atoms with Crippen molar-refractivity contribution >= 4 is 34.8 Å². The van der Waals surface area contributed by atoms with Crippen molar-refractivity contribution in [3.63, 3.8) is 0 Å². The summed E-state index contributed by atoms with van der Waals surface area (Å²) in [5.74, 6) is -0.682. The monoisotopic (exact) mass is 226 g/mol. The number of carbonyl (C=O) groups excluding carboxylic acids is 2. The van der Waals surface area contributed by atoms with Gasteiger partial charge in [-0.3, -0.25) is 9.59 Å². The van der Waals surface area contributed by atoms with Gasteiger partial charge in [-0.25, -0.2) is 0 Å². The number of hydrogen-bond donors (Lipinski definition) is 0. The SMILES string of the molecule is O=C1C(Cl)=CC(=O)c2c(Cl)cccc21. The zero-order valence-corrected chi connectivity index (χ0v) is 8.39. The number of halogens is 2. The molecule has 0 N–H and O–H groups in total. The second kappa shape index (κ2) is 3.23. The van der Waals surface area contributed by atoms with E-state index in [0.29, 0.717) is 0 Å².